The zero-order valence-electron chi connectivity index (χ0n) is 10.2. The van der Waals surface area contributed by atoms with E-state index in [-0.39, 0.29) is 18.0 Å². The number of carbonyl (C=O) groups excluding carboxylic acids is 1. The average molecular weight is 226 g/mol. The van der Waals surface area contributed by atoms with Crippen molar-refractivity contribution in [2.75, 3.05) is 13.2 Å². The standard InChI is InChI=1S/C12H22N2O2/c1-4-6-9(3)13-10-7-16-8-11(10)14-12(15)5-2/h5,9-11,13H,2,4,6-8H2,1,3H3,(H,14,15). The Kier molecular flexibility index (Phi) is 5.49. The number of hydrogen-bond acceptors (Lipinski definition) is 3. The summed E-state index contributed by atoms with van der Waals surface area (Å²) in [5.74, 6) is -0.134. The van der Waals surface area contributed by atoms with Crippen LogP contribution < -0.4 is 10.6 Å². The molecule has 0 spiro atoms. The van der Waals surface area contributed by atoms with E-state index in [0.29, 0.717) is 19.3 Å². The summed E-state index contributed by atoms with van der Waals surface area (Å²) in [5, 5.41) is 6.37. The molecule has 3 atom stereocenters. The fraction of sp³-hybridized carbons (Fsp3) is 0.750. The van der Waals surface area contributed by atoms with Gasteiger partial charge in [0.25, 0.3) is 0 Å². The van der Waals surface area contributed by atoms with E-state index < -0.39 is 0 Å². The van der Waals surface area contributed by atoms with Gasteiger partial charge >= 0.3 is 0 Å². The molecule has 2 N–H and O–H groups in total. The van der Waals surface area contributed by atoms with Crippen molar-refractivity contribution in [3.63, 3.8) is 0 Å². The molecule has 1 rings (SSSR count). The highest BCUT2D eigenvalue weighted by Gasteiger charge is 2.29. The molecule has 1 aliphatic rings. The van der Waals surface area contributed by atoms with Crippen LogP contribution in [0.3, 0.4) is 0 Å². The van der Waals surface area contributed by atoms with E-state index in [2.05, 4.69) is 31.1 Å². The van der Waals surface area contributed by atoms with Crippen LogP contribution in [0.5, 0.6) is 0 Å². The molecule has 0 bridgehead atoms. The molecular formula is C12H22N2O2. The second-order valence-corrected chi connectivity index (χ2v) is 4.32. The third-order valence-corrected chi connectivity index (χ3v) is 2.81. The minimum Gasteiger partial charge on any atom is -0.378 e. The van der Waals surface area contributed by atoms with Crippen molar-refractivity contribution in [1.82, 2.24) is 10.6 Å². The van der Waals surface area contributed by atoms with Gasteiger partial charge in [0.15, 0.2) is 0 Å². The molecule has 1 fully saturated rings. The summed E-state index contributed by atoms with van der Waals surface area (Å²) in [6.07, 6.45) is 3.59. The molecule has 0 aromatic heterocycles. The zero-order valence-corrected chi connectivity index (χ0v) is 10.2. The molecule has 16 heavy (non-hydrogen) atoms. The summed E-state index contributed by atoms with van der Waals surface area (Å²) < 4.78 is 5.38. The van der Waals surface area contributed by atoms with E-state index in [9.17, 15) is 4.79 Å². The van der Waals surface area contributed by atoms with Crippen LogP contribution in [-0.2, 0) is 9.53 Å². The number of rotatable bonds is 6. The Bertz CT molecular complexity index is 243. The van der Waals surface area contributed by atoms with Crippen LogP contribution >= 0.6 is 0 Å². The van der Waals surface area contributed by atoms with Gasteiger partial charge in [-0.15, -0.1) is 0 Å². The fourth-order valence-corrected chi connectivity index (χ4v) is 1.98. The maximum atomic E-state index is 11.2. The number of hydrogen-bond donors (Lipinski definition) is 2. The molecule has 4 nitrogen and oxygen atoms in total. The Morgan fingerprint density at radius 2 is 2.25 bits per heavy atom. The van der Waals surface area contributed by atoms with E-state index in [1.165, 1.54) is 6.08 Å². The van der Waals surface area contributed by atoms with Gasteiger partial charge in [-0.05, 0) is 19.4 Å². The molecule has 4 heteroatoms. The van der Waals surface area contributed by atoms with E-state index in [0.717, 1.165) is 12.8 Å². The highest BCUT2D eigenvalue weighted by molar-refractivity contribution is 5.87. The van der Waals surface area contributed by atoms with Crippen molar-refractivity contribution < 1.29 is 9.53 Å². The molecule has 0 radical (unpaired) electrons. The monoisotopic (exact) mass is 226 g/mol. The maximum Gasteiger partial charge on any atom is 0.243 e. The molecule has 0 aliphatic carbocycles. The van der Waals surface area contributed by atoms with E-state index >= 15 is 0 Å². The van der Waals surface area contributed by atoms with Gasteiger partial charge < -0.3 is 15.4 Å². The number of nitrogens with one attached hydrogen (secondary N) is 2. The lowest BCUT2D eigenvalue weighted by molar-refractivity contribution is -0.117. The molecule has 1 amide bonds. The first-order valence-corrected chi connectivity index (χ1v) is 5.94. The Balaban J connectivity index is 2.39. The van der Waals surface area contributed by atoms with Crippen molar-refractivity contribution in [3.05, 3.63) is 12.7 Å². The second-order valence-electron chi connectivity index (χ2n) is 4.32. The third-order valence-electron chi connectivity index (χ3n) is 2.81. The minimum atomic E-state index is -0.134. The first-order valence-electron chi connectivity index (χ1n) is 5.94. The third kappa shape index (κ3) is 3.94. The Morgan fingerprint density at radius 1 is 1.56 bits per heavy atom. The zero-order chi connectivity index (χ0) is 12.0. The van der Waals surface area contributed by atoms with Crippen LogP contribution in [0.1, 0.15) is 26.7 Å². The highest BCUT2D eigenvalue weighted by atomic mass is 16.5. The van der Waals surface area contributed by atoms with E-state index in [1.807, 2.05) is 0 Å². The minimum absolute atomic E-state index is 0.0600. The first-order chi connectivity index (χ1) is 7.67. The second kappa shape index (κ2) is 6.66. The molecule has 0 saturated carbocycles. The van der Waals surface area contributed by atoms with Gasteiger partial charge in [0, 0.05) is 6.04 Å². The Hall–Kier alpha value is -0.870. The van der Waals surface area contributed by atoms with E-state index in [1.54, 1.807) is 0 Å². The largest absolute Gasteiger partial charge is 0.378 e. The molecule has 0 aromatic rings. The maximum absolute atomic E-state index is 11.2. The topological polar surface area (TPSA) is 50.4 Å². The quantitative estimate of drug-likeness (QED) is 0.660. The summed E-state index contributed by atoms with van der Waals surface area (Å²) >= 11 is 0. The van der Waals surface area contributed by atoms with Crippen LogP contribution in [0.15, 0.2) is 12.7 Å². The van der Waals surface area contributed by atoms with Gasteiger partial charge in [-0.2, -0.15) is 0 Å². The van der Waals surface area contributed by atoms with Gasteiger partial charge in [-0.1, -0.05) is 19.9 Å². The Labute approximate surface area is 97.4 Å². The van der Waals surface area contributed by atoms with Crippen LogP contribution in [0.2, 0.25) is 0 Å². The van der Waals surface area contributed by atoms with Gasteiger partial charge in [-0.3, -0.25) is 4.79 Å². The molecule has 3 unspecified atom stereocenters. The van der Waals surface area contributed by atoms with E-state index in [4.69, 9.17) is 4.74 Å². The molecule has 1 aliphatic heterocycles. The number of ether oxygens (including phenoxy) is 1. The van der Waals surface area contributed by atoms with Crippen molar-refractivity contribution in [1.29, 1.82) is 0 Å². The summed E-state index contributed by atoms with van der Waals surface area (Å²) in [6, 6.07) is 0.732. The van der Waals surface area contributed by atoms with Gasteiger partial charge in [0.1, 0.15) is 0 Å². The van der Waals surface area contributed by atoms with Crippen molar-refractivity contribution in [2.24, 2.45) is 0 Å². The lowest BCUT2D eigenvalue weighted by Gasteiger charge is -2.23. The summed E-state index contributed by atoms with van der Waals surface area (Å²) in [5.41, 5.74) is 0. The molecule has 1 heterocycles. The van der Waals surface area contributed by atoms with Crippen LogP contribution in [0.25, 0.3) is 0 Å². The normalized spacial score (nSPS) is 26.4. The van der Waals surface area contributed by atoms with Gasteiger partial charge in [0.2, 0.25) is 5.91 Å². The summed E-state index contributed by atoms with van der Waals surface area (Å²) in [4.78, 5) is 11.2. The lowest BCUT2D eigenvalue weighted by atomic mass is 10.1. The van der Waals surface area contributed by atoms with Gasteiger partial charge in [0.05, 0.1) is 25.3 Å². The lowest BCUT2D eigenvalue weighted by Crippen LogP contribution is -2.51. The molecular weight excluding hydrogens is 204 g/mol. The Morgan fingerprint density at radius 3 is 2.88 bits per heavy atom. The average Bonchev–Trinajstić information content (AvgIpc) is 2.66. The SMILES string of the molecule is C=CC(=O)NC1COCC1NC(C)CCC. The predicted octanol–water partition coefficient (Wildman–Crippen LogP) is 0.834. The number of amides is 1. The highest BCUT2D eigenvalue weighted by Crippen LogP contribution is 2.08. The first kappa shape index (κ1) is 13.2. The van der Waals surface area contributed by atoms with Crippen molar-refractivity contribution >= 4 is 5.91 Å². The van der Waals surface area contributed by atoms with Crippen molar-refractivity contribution in [3.8, 4) is 0 Å². The molecule has 0 aromatic carbocycles. The van der Waals surface area contributed by atoms with Crippen LogP contribution in [0.4, 0.5) is 0 Å². The van der Waals surface area contributed by atoms with Crippen molar-refractivity contribution in [2.45, 2.75) is 44.8 Å². The summed E-state index contributed by atoms with van der Waals surface area (Å²) in [6.45, 7) is 9.01. The predicted molar refractivity (Wildman–Crippen MR) is 64.2 cm³/mol. The summed E-state index contributed by atoms with van der Waals surface area (Å²) in [7, 11) is 0. The fourth-order valence-electron chi connectivity index (χ4n) is 1.98. The smallest absolute Gasteiger partial charge is 0.243 e. The van der Waals surface area contributed by atoms with Crippen LogP contribution in [-0.4, -0.2) is 37.2 Å². The molecule has 92 valence electrons. The molecule has 1 saturated heterocycles. The number of carbonyl (C=O) groups is 1. The van der Waals surface area contributed by atoms with Gasteiger partial charge in [-0.25, -0.2) is 0 Å². The van der Waals surface area contributed by atoms with Crippen LogP contribution in [0, 0.1) is 0 Å².